The van der Waals surface area contributed by atoms with E-state index in [4.69, 9.17) is 0 Å². The molecule has 0 saturated carbocycles. The maximum atomic E-state index is 9.87. The molecule has 43 heavy (non-hydrogen) atoms. The summed E-state index contributed by atoms with van der Waals surface area (Å²) in [5.41, 5.74) is 7.13. The fraction of sp³-hybridized carbons (Fsp3) is 0.520. The number of aromatic nitrogens is 4. The summed E-state index contributed by atoms with van der Waals surface area (Å²) in [6.07, 6.45) is 18.2. The second-order valence-electron chi connectivity index (χ2n) is 10.4. The zero-order valence-electron chi connectivity index (χ0n) is 24.4. The first kappa shape index (κ1) is 38.7. The number of hydrogen-bond donors (Lipinski definition) is 0. The maximum absolute atomic E-state index is 10.7. The molecule has 252 valence electrons. The van der Waals surface area contributed by atoms with Crippen molar-refractivity contribution in [3.8, 4) is 0 Å². The molecule has 0 spiro atoms. The summed E-state index contributed by atoms with van der Waals surface area (Å²) >= 11 is 0. The zero-order valence-corrected chi connectivity index (χ0v) is 26.2. The number of benzene rings is 1. The van der Waals surface area contributed by atoms with Crippen molar-refractivity contribution in [2.45, 2.75) is 86.5 Å². The molecule has 2 heterocycles. The van der Waals surface area contributed by atoms with E-state index >= 15 is 0 Å². The van der Waals surface area contributed by atoms with Crippen molar-refractivity contribution in [3.63, 3.8) is 0 Å². The van der Waals surface area contributed by atoms with Crippen molar-refractivity contribution in [3.05, 3.63) is 71.3 Å². The first-order chi connectivity index (χ1) is 18.9. The Morgan fingerprint density at radius 3 is 1.16 bits per heavy atom. The van der Waals surface area contributed by atoms with Gasteiger partial charge in [-0.05, 0) is 61.4 Å². The SMILES string of the molecule is CCCCn1cc[n+](Cc2c(C)cc(C)c(C[n+]3ccn(CCCC)c3)c2C)c1.F[P-](F)(F)(F)(F)F.F[P-](F)(F)(F)(F)F. The topological polar surface area (TPSA) is 17.6 Å². The third kappa shape index (κ3) is 21.1. The Morgan fingerprint density at radius 2 is 0.884 bits per heavy atom. The van der Waals surface area contributed by atoms with Crippen LogP contribution in [0.1, 0.15) is 67.3 Å². The second kappa shape index (κ2) is 12.2. The van der Waals surface area contributed by atoms with Crippen molar-refractivity contribution >= 4 is 15.6 Å². The predicted octanol–water partition coefficient (Wildman–Crippen LogP) is 11.3. The normalized spacial score (nSPS) is 15.2. The number of halogens is 12. The van der Waals surface area contributed by atoms with Crippen LogP contribution in [0.15, 0.2) is 43.5 Å². The molecule has 2 aromatic heterocycles. The number of nitrogens with zero attached hydrogens (tertiary/aromatic N) is 4. The monoisotopic (exact) mass is 684 g/mol. The van der Waals surface area contributed by atoms with Gasteiger partial charge in [0.2, 0.25) is 12.7 Å². The van der Waals surface area contributed by atoms with E-state index in [1.165, 1.54) is 53.5 Å². The van der Waals surface area contributed by atoms with Gasteiger partial charge in [0.25, 0.3) is 0 Å². The van der Waals surface area contributed by atoms with Crippen LogP contribution >= 0.6 is 15.6 Å². The summed E-state index contributed by atoms with van der Waals surface area (Å²) in [7, 11) is -21.3. The van der Waals surface area contributed by atoms with Gasteiger partial charge in [0.1, 0.15) is 37.9 Å². The Bertz CT molecular complexity index is 1240. The van der Waals surface area contributed by atoms with Crippen LogP contribution in [0.2, 0.25) is 0 Å². The van der Waals surface area contributed by atoms with Crippen LogP contribution in [0, 0.1) is 20.8 Å². The van der Waals surface area contributed by atoms with Crippen LogP contribution in [-0.4, -0.2) is 9.13 Å². The van der Waals surface area contributed by atoms with E-state index in [-0.39, 0.29) is 0 Å². The molecule has 1 aromatic carbocycles. The number of aryl methyl sites for hydroxylation is 4. The summed E-state index contributed by atoms with van der Waals surface area (Å²) in [5, 5.41) is 0. The van der Waals surface area contributed by atoms with E-state index in [2.05, 4.69) is 96.4 Å². The van der Waals surface area contributed by atoms with E-state index in [0.29, 0.717) is 0 Å². The van der Waals surface area contributed by atoms with Gasteiger partial charge < -0.3 is 0 Å². The number of imidazole rings is 2. The molecular weight excluding hydrogens is 646 g/mol. The number of unbranched alkanes of at least 4 members (excludes halogenated alkanes) is 2. The van der Waals surface area contributed by atoms with Crippen LogP contribution in [0.25, 0.3) is 0 Å². The van der Waals surface area contributed by atoms with Gasteiger partial charge in [-0.25, -0.2) is 18.3 Å². The molecule has 0 fully saturated rings. The Labute approximate surface area is 242 Å². The van der Waals surface area contributed by atoms with Gasteiger partial charge >= 0.3 is 66.0 Å². The number of rotatable bonds is 10. The molecular formula is C25H38F12N4P2. The molecule has 0 radical (unpaired) electrons. The van der Waals surface area contributed by atoms with Crippen LogP contribution in [0.4, 0.5) is 50.4 Å². The molecule has 0 bridgehead atoms. The first-order valence-corrected chi connectivity index (χ1v) is 17.3. The number of hydrogen-bond acceptors (Lipinski definition) is 0. The molecule has 0 atom stereocenters. The molecule has 0 aliphatic heterocycles. The third-order valence-electron chi connectivity index (χ3n) is 6.00. The molecule has 0 saturated heterocycles. The van der Waals surface area contributed by atoms with E-state index in [0.717, 1.165) is 26.2 Å². The third-order valence-corrected chi connectivity index (χ3v) is 6.00. The van der Waals surface area contributed by atoms with Crippen molar-refractivity contribution in [2.75, 3.05) is 0 Å². The van der Waals surface area contributed by atoms with Gasteiger partial charge in [-0.2, -0.15) is 0 Å². The molecule has 0 amide bonds. The van der Waals surface area contributed by atoms with E-state index in [1.54, 1.807) is 0 Å². The molecule has 3 aromatic rings. The van der Waals surface area contributed by atoms with Gasteiger partial charge in [0, 0.05) is 0 Å². The van der Waals surface area contributed by atoms with Crippen LogP contribution in [0.3, 0.4) is 0 Å². The molecule has 0 aliphatic rings. The average Bonchev–Trinajstić information content (AvgIpc) is 3.41. The predicted molar refractivity (Wildman–Crippen MR) is 145 cm³/mol. The van der Waals surface area contributed by atoms with Crippen molar-refractivity contribution in [1.29, 1.82) is 0 Å². The summed E-state index contributed by atoms with van der Waals surface area (Å²) in [6.45, 7) is 15.4. The minimum atomic E-state index is -10.7. The van der Waals surface area contributed by atoms with Crippen LogP contribution in [-0.2, 0) is 26.2 Å². The Morgan fingerprint density at radius 1 is 0.581 bits per heavy atom. The Balaban J connectivity index is 0.000000548. The second-order valence-corrected chi connectivity index (χ2v) is 14.2. The quantitative estimate of drug-likeness (QED) is 0.115. The standard InChI is InChI=1S/C25H38N4.2F6P/c1-6-8-10-26-12-14-28(19-26)17-24-21(3)16-22(4)25(23(24)5)18-29-15-13-27(20-29)11-9-7-2;2*1-7(2,3,4,5)6/h12-16,19-20H,6-11,17-18H2,1-5H3;;/q+2;2*-1. The molecule has 0 N–H and O–H groups in total. The molecule has 0 unspecified atom stereocenters. The molecule has 4 nitrogen and oxygen atoms in total. The fourth-order valence-electron chi connectivity index (χ4n) is 4.13. The van der Waals surface area contributed by atoms with Crippen LogP contribution in [0.5, 0.6) is 0 Å². The Hall–Kier alpha value is -2.34. The van der Waals surface area contributed by atoms with E-state index in [9.17, 15) is 50.4 Å². The average molecular weight is 685 g/mol. The summed E-state index contributed by atoms with van der Waals surface area (Å²) in [6, 6.07) is 2.36. The molecule has 0 aliphatic carbocycles. The van der Waals surface area contributed by atoms with Crippen LogP contribution < -0.4 is 9.13 Å². The van der Waals surface area contributed by atoms with Crippen molar-refractivity contribution in [1.82, 2.24) is 9.13 Å². The fourth-order valence-corrected chi connectivity index (χ4v) is 4.13. The van der Waals surface area contributed by atoms with E-state index < -0.39 is 15.6 Å². The van der Waals surface area contributed by atoms with Crippen molar-refractivity contribution in [2.24, 2.45) is 0 Å². The van der Waals surface area contributed by atoms with Crippen molar-refractivity contribution < 1.29 is 59.5 Å². The summed E-state index contributed by atoms with van der Waals surface area (Å²) < 4.78 is 128. The first-order valence-electron chi connectivity index (χ1n) is 13.2. The Kier molecular flexibility index (Phi) is 11.0. The summed E-state index contributed by atoms with van der Waals surface area (Å²) in [5.74, 6) is 0. The van der Waals surface area contributed by atoms with Gasteiger partial charge in [-0.15, -0.1) is 0 Å². The van der Waals surface area contributed by atoms with Gasteiger partial charge in [0.05, 0.1) is 13.1 Å². The molecule has 3 rings (SSSR count). The van der Waals surface area contributed by atoms with Gasteiger partial charge in [0.15, 0.2) is 0 Å². The summed E-state index contributed by atoms with van der Waals surface area (Å²) in [4.78, 5) is 0. The van der Waals surface area contributed by atoms with Gasteiger partial charge in [-0.1, -0.05) is 32.8 Å². The van der Waals surface area contributed by atoms with Gasteiger partial charge in [-0.3, -0.25) is 0 Å². The zero-order chi connectivity index (χ0) is 33.6. The van der Waals surface area contributed by atoms with E-state index in [1.807, 2.05) is 0 Å². The molecule has 18 heteroatoms. The minimum absolute atomic E-state index is 0.937.